The van der Waals surface area contributed by atoms with E-state index in [0.29, 0.717) is 5.56 Å². The van der Waals surface area contributed by atoms with E-state index in [0.717, 1.165) is 0 Å². The first-order chi connectivity index (χ1) is 7.33. The van der Waals surface area contributed by atoms with Gasteiger partial charge in [0, 0.05) is 5.56 Å². The maximum absolute atomic E-state index is 11.8. The smallest absolute Gasteiger partial charge is 0.225 e. The summed E-state index contributed by atoms with van der Waals surface area (Å²) in [5, 5.41) is 2.66. The SMILES string of the molecule is O=Nc1nc[nH]c1C(=O)c1ccccc1. The fourth-order valence-electron chi connectivity index (χ4n) is 1.26. The third-order valence-corrected chi connectivity index (χ3v) is 1.97. The van der Waals surface area contributed by atoms with Crippen LogP contribution in [0.4, 0.5) is 5.82 Å². The van der Waals surface area contributed by atoms with Crippen molar-refractivity contribution in [1.82, 2.24) is 9.97 Å². The van der Waals surface area contributed by atoms with Crippen LogP contribution in [-0.2, 0) is 0 Å². The second-order valence-corrected chi connectivity index (χ2v) is 2.89. The average Bonchev–Trinajstić information content (AvgIpc) is 2.77. The first-order valence-corrected chi connectivity index (χ1v) is 4.29. The Morgan fingerprint density at radius 3 is 2.67 bits per heavy atom. The number of imidazole rings is 1. The molecule has 2 rings (SSSR count). The highest BCUT2D eigenvalue weighted by atomic mass is 16.3. The van der Waals surface area contributed by atoms with E-state index in [2.05, 4.69) is 15.1 Å². The first kappa shape index (κ1) is 9.26. The molecule has 0 spiro atoms. The Morgan fingerprint density at radius 2 is 2.00 bits per heavy atom. The molecule has 0 fully saturated rings. The number of hydrogen-bond donors (Lipinski definition) is 1. The summed E-state index contributed by atoms with van der Waals surface area (Å²) >= 11 is 0. The lowest BCUT2D eigenvalue weighted by molar-refractivity contribution is 0.103. The first-order valence-electron chi connectivity index (χ1n) is 4.29. The average molecular weight is 201 g/mol. The van der Waals surface area contributed by atoms with E-state index in [-0.39, 0.29) is 17.3 Å². The van der Waals surface area contributed by atoms with Gasteiger partial charge in [0.2, 0.25) is 11.6 Å². The van der Waals surface area contributed by atoms with Crippen molar-refractivity contribution in [3.05, 3.63) is 52.8 Å². The topological polar surface area (TPSA) is 75.2 Å². The maximum Gasteiger partial charge on any atom is 0.225 e. The minimum atomic E-state index is -0.289. The van der Waals surface area contributed by atoms with Crippen molar-refractivity contribution in [2.45, 2.75) is 0 Å². The molecule has 0 unspecified atom stereocenters. The molecule has 0 atom stereocenters. The minimum Gasteiger partial charge on any atom is -0.340 e. The summed E-state index contributed by atoms with van der Waals surface area (Å²) in [4.78, 5) is 28.4. The van der Waals surface area contributed by atoms with E-state index in [1.54, 1.807) is 24.3 Å². The molecule has 0 radical (unpaired) electrons. The lowest BCUT2D eigenvalue weighted by Crippen LogP contribution is -2.01. The summed E-state index contributed by atoms with van der Waals surface area (Å²) in [6.45, 7) is 0. The number of carbonyl (C=O) groups is 1. The molecule has 0 saturated heterocycles. The number of H-pyrrole nitrogens is 1. The number of ketones is 1. The van der Waals surface area contributed by atoms with Gasteiger partial charge in [-0.3, -0.25) is 4.79 Å². The van der Waals surface area contributed by atoms with Crippen molar-refractivity contribution in [2.24, 2.45) is 5.18 Å². The Morgan fingerprint density at radius 1 is 1.27 bits per heavy atom. The number of carbonyl (C=O) groups excluding carboxylic acids is 1. The van der Waals surface area contributed by atoms with Gasteiger partial charge in [-0.1, -0.05) is 30.3 Å². The zero-order valence-corrected chi connectivity index (χ0v) is 7.68. The second kappa shape index (κ2) is 3.83. The molecule has 2 aromatic rings. The number of aromatic amines is 1. The van der Waals surface area contributed by atoms with Crippen LogP contribution in [0.25, 0.3) is 0 Å². The monoisotopic (exact) mass is 201 g/mol. The van der Waals surface area contributed by atoms with E-state index in [1.165, 1.54) is 6.33 Å². The van der Waals surface area contributed by atoms with Crippen LogP contribution in [0, 0.1) is 4.91 Å². The molecule has 0 aliphatic heterocycles. The lowest BCUT2D eigenvalue weighted by atomic mass is 10.1. The van der Waals surface area contributed by atoms with Crippen LogP contribution in [0.5, 0.6) is 0 Å². The van der Waals surface area contributed by atoms with Crippen molar-refractivity contribution >= 4 is 11.6 Å². The molecule has 0 aliphatic rings. The van der Waals surface area contributed by atoms with Crippen LogP contribution >= 0.6 is 0 Å². The number of benzene rings is 1. The molecule has 1 heterocycles. The second-order valence-electron chi connectivity index (χ2n) is 2.89. The van der Waals surface area contributed by atoms with Gasteiger partial charge in [-0.2, -0.15) is 0 Å². The lowest BCUT2D eigenvalue weighted by Gasteiger charge is -1.96. The number of rotatable bonds is 3. The minimum absolute atomic E-state index is 0.108. The van der Waals surface area contributed by atoms with Crippen LogP contribution in [0.1, 0.15) is 16.1 Å². The summed E-state index contributed by atoms with van der Waals surface area (Å²) in [7, 11) is 0. The third kappa shape index (κ3) is 1.67. The molecular formula is C10H7N3O2. The Labute approximate surface area is 85.1 Å². The van der Waals surface area contributed by atoms with Gasteiger partial charge in [-0.05, 0) is 5.18 Å². The molecule has 1 aromatic carbocycles. The van der Waals surface area contributed by atoms with Crippen molar-refractivity contribution in [2.75, 3.05) is 0 Å². The van der Waals surface area contributed by atoms with E-state index in [9.17, 15) is 9.70 Å². The Hall–Kier alpha value is -2.30. The van der Waals surface area contributed by atoms with Gasteiger partial charge in [0.15, 0.2) is 0 Å². The Kier molecular flexibility index (Phi) is 2.37. The van der Waals surface area contributed by atoms with Crippen LogP contribution in [-0.4, -0.2) is 15.8 Å². The van der Waals surface area contributed by atoms with Crippen molar-refractivity contribution < 1.29 is 4.79 Å². The van der Waals surface area contributed by atoms with Gasteiger partial charge in [-0.25, -0.2) is 4.98 Å². The normalized spacial score (nSPS) is 9.87. The summed E-state index contributed by atoms with van der Waals surface area (Å²) in [5.74, 6) is -0.397. The van der Waals surface area contributed by atoms with E-state index < -0.39 is 0 Å². The molecule has 1 aromatic heterocycles. The predicted molar refractivity (Wildman–Crippen MR) is 53.9 cm³/mol. The number of nitrogens with zero attached hydrogens (tertiary/aromatic N) is 2. The fraction of sp³-hybridized carbons (Fsp3) is 0. The van der Waals surface area contributed by atoms with Crippen molar-refractivity contribution in [3.8, 4) is 0 Å². The van der Waals surface area contributed by atoms with E-state index in [4.69, 9.17) is 0 Å². The molecule has 15 heavy (non-hydrogen) atoms. The van der Waals surface area contributed by atoms with Crippen LogP contribution in [0.3, 0.4) is 0 Å². The van der Waals surface area contributed by atoms with Crippen LogP contribution in [0.2, 0.25) is 0 Å². The van der Waals surface area contributed by atoms with Gasteiger partial charge in [0.1, 0.15) is 5.69 Å². The molecule has 1 N–H and O–H groups in total. The van der Waals surface area contributed by atoms with E-state index in [1.807, 2.05) is 6.07 Å². The number of hydrogen-bond acceptors (Lipinski definition) is 4. The van der Waals surface area contributed by atoms with Gasteiger partial charge in [0.25, 0.3) is 0 Å². The number of nitroso groups, excluding NO2 is 1. The van der Waals surface area contributed by atoms with Crippen molar-refractivity contribution in [3.63, 3.8) is 0 Å². The molecular weight excluding hydrogens is 194 g/mol. The summed E-state index contributed by atoms with van der Waals surface area (Å²) in [5.41, 5.74) is 0.614. The van der Waals surface area contributed by atoms with Crippen LogP contribution in [0.15, 0.2) is 41.8 Å². The fourth-order valence-corrected chi connectivity index (χ4v) is 1.26. The maximum atomic E-state index is 11.8. The van der Waals surface area contributed by atoms with Crippen molar-refractivity contribution in [1.29, 1.82) is 0 Å². The zero-order valence-electron chi connectivity index (χ0n) is 7.68. The largest absolute Gasteiger partial charge is 0.340 e. The van der Waals surface area contributed by atoms with Crippen LogP contribution < -0.4 is 0 Å². The molecule has 5 nitrogen and oxygen atoms in total. The van der Waals surface area contributed by atoms with Gasteiger partial charge >= 0.3 is 0 Å². The summed E-state index contributed by atoms with van der Waals surface area (Å²) in [6, 6.07) is 8.63. The van der Waals surface area contributed by atoms with Gasteiger partial charge in [-0.15, -0.1) is 4.91 Å². The molecule has 0 aliphatic carbocycles. The summed E-state index contributed by atoms with van der Waals surface area (Å²) in [6.07, 6.45) is 1.27. The highest BCUT2D eigenvalue weighted by Crippen LogP contribution is 2.16. The molecule has 5 heteroatoms. The quantitative estimate of drug-likeness (QED) is 0.609. The standard InChI is InChI=1S/C10H7N3O2/c14-9(7-4-2-1-3-5-7)8-10(13-15)12-6-11-8/h1-6H,(H,11,12). The zero-order chi connectivity index (χ0) is 10.7. The third-order valence-electron chi connectivity index (χ3n) is 1.97. The highest BCUT2D eigenvalue weighted by molar-refractivity contribution is 6.10. The highest BCUT2D eigenvalue weighted by Gasteiger charge is 2.16. The van der Waals surface area contributed by atoms with E-state index >= 15 is 0 Å². The number of aromatic nitrogens is 2. The molecule has 74 valence electrons. The van der Waals surface area contributed by atoms with Gasteiger partial charge in [0.05, 0.1) is 6.33 Å². The number of nitrogens with one attached hydrogen (secondary N) is 1. The van der Waals surface area contributed by atoms with Gasteiger partial charge < -0.3 is 4.98 Å². The molecule has 0 saturated carbocycles. The molecule has 0 bridgehead atoms. The summed E-state index contributed by atoms with van der Waals surface area (Å²) < 4.78 is 0. The Balaban J connectivity index is 2.41. The Bertz CT molecular complexity index is 490. The molecule has 0 amide bonds. The predicted octanol–water partition coefficient (Wildman–Crippen LogP) is 2.04.